The zero-order valence-corrected chi connectivity index (χ0v) is 20.4. The minimum Gasteiger partial charge on any atom is -0.462 e. The summed E-state index contributed by atoms with van der Waals surface area (Å²) in [5.41, 5.74) is 4.21. The summed E-state index contributed by atoms with van der Waals surface area (Å²) in [5.74, 6) is -1.90. The van der Waals surface area contributed by atoms with Gasteiger partial charge in [-0.3, -0.25) is 0 Å². The molecule has 36 heavy (non-hydrogen) atoms. The van der Waals surface area contributed by atoms with E-state index in [-0.39, 0.29) is 30.8 Å². The minimum atomic E-state index is -0.520. The van der Waals surface area contributed by atoms with Crippen LogP contribution in [0, 0.1) is 11.6 Å². The van der Waals surface area contributed by atoms with Crippen molar-refractivity contribution in [2.75, 3.05) is 13.2 Å². The van der Waals surface area contributed by atoms with Crippen LogP contribution in [0.1, 0.15) is 25.0 Å². The second kappa shape index (κ2) is 12.1. The van der Waals surface area contributed by atoms with Gasteiger partial charge >= 0.3 is 11.9 Å². The normalized spacial score (nSPS) is 10.6. The number of rotatable bonds is 10. The van der Waals surface area contributed by atoms with E-state index in [0.717, 1.165) is 11.1 Å². The van der Waals surface area contributed by atoms with E-state index in [9.17, 15) is 18.4 Å². The SMILES string of the molecule is C=C(C)C(=O)OCCc1ccc(-c2ccc(-c3ccc(CCOC(=O)C(=C)C)c(F)c3)c(F)c2)cc1. The lowest BCUT2D eigenvalue weighted by molar-refractivity contribution is -0.139. The van der Waals surface area contributed by atoms with Crippen LogP contribution in [-0.4, -0.2) is 25.2 Å². The van der Waals surface area contributed by atoms with Crippen LogP contribution in [-0.2, 0) is 31.9 Å². The van der Waals surface area contributed by atoms with Crippen LogP contribution < -0.4 is 0 Å². The Morgan fingerprint density at radius 1 is 0.694 bits per heavy atom. The summed E-state index contributed by atoms with van der Waals surface area (Å²) in [6.45, 7) is 10.5. The van der Waals surface area contributed by atoms with E-state index in [1.54, 1.807) is 38.1 Å². The molecule has 186 valence electrons. The molecule has 0 saturated heterocycles. The van der Waals surface area contributed by atoms with Gasteiger partial charge in [-0.25, -0.2) is 18.4 Å². The molecule has 0 atom stereocenters. The molecule has 6 heteroatoms. The first-order valence-corrected chi connectivity index (χ1v) is 11.5. The molecule has 3 rings (SSSR count). The molecule has 0 radical (unpaired) electrons. The highest BCUT2D eigenvalue weighted by Crippen LogP contribution is 2.29. The van der Waals surface area contributed by atoms with Gasteiger partial charge in [0.2, 0.25) is 0 Å². The molecule has 0 aromatic heterocycles. The average molecular weight is 491 g/mol. The predicted molar refractivity (Wildman–Crippen MR) is 136 cm³/mol. The summed E-state index contributed by atoms with van der Waals surface area (Å²) in [5, 5.41) is 0. The molecule has 0 aliphatic heterocycles. The lowest BCUT2D eigenvalue weighted by Crippen LogP contribution is -2.08. The van der Waals surface area contributed by atoms with Gasteiger partial charge in [-0.1, -0.05) is 61.7 Å². The third-order valence-electron chi connectivity index (χ3n) is 5.55. The largest absolute Gasteiger partial charge is 0.462 e. The molecule has 0 N–H and O–H groups in total. The fraction of sp³-hybridized carbons (Fsp3) is 0.200. The van der Waals surface area contributed by atoms with Crippen LogP contribution in [0.25, 0.3) is 22.3 Å². The van der Waals surface area contributed by atoms with Gasteiger partial charge in [-0.05, 0) is 53.8 Å². The molecule has 3 aromatic rings. The number of hydrogen-bond donors (Lipinski definition) is 0. The topological polar surface area (TPSA) is 52.6 Å². The fourth-order valence-electron chi connectivity index (χ4n) is 3.47. The highest BCUT2D eigenvalue weighted by molar-refractivity contribution is 5.87. The van der Waals surface area contributed by atoms with E-state index in [4.69, 9.17) is 9.47 Å². The van der Waals surface area contributed by atoms with Crippen LogP contribution in [0.2, 0.25) is 0 Å². The Bertz CT molecular complexity index is 1290. The lowest BCUT2D eigenvalue weighted by atomic mass is 9.97. The van der Waals surface area contributed by atoms with Gasteiger partial charge in [-0.2, -0.15) is 0 Å². The smallest absolute Gasteiger partial charge is 0.333 e. The molecule has 0 heterocycles. The van der Waals surface area contributed by atoms with Crippen LogP contribution in [0.3, 0.4) is 0 Å². The fourth-order valence-corrected chi connectivity index (χ4v) is 3.47. The standard InChI is InChI=1S/C30H28F2O4/c1-19(2)29(33)35-15-13-21-5-7-22(8-6-21)24-11-12-26(28(32)17-24)25-10-9-23(27(31)18-25)14-16-36-30(34)20(3)4/h5-12,17-18H,1,3,13-16H2,2,4H3. The van der Waals surface area contributed by atoms with Gasteiger partial charge in [0.1, 0.15) is 11.6 Å². The molecule has 0 aliphatic rings. The van der Waals surface area contributed by atoms with E-state index in [1.165, 1.54) is 12.1 Å². The molecule has 0 saturated carbocycles. The molecule has 0 bridgehead atoms. The number of halogens is 2. The third kappa shape index (κ3) is 6.98. The highest BCUT2D eigenvalue weighted by Gasteiger charge is 2.12. The second-order valence-corrected chi connectivity index (χ2v) is 8.53. The maximum atomic E-state index is 15.0. The minimum absolute atomic E-state index is 0.0312. The van der Waals surface area contributed by atoms with E-state index in [0.29, 0.717) is 28.7 Å². The number of carbonyl (C=O) groups is 2. The Labute approximate surface area is 209 Å². The first-order chi connectivity index (χ1) is 17.2. The monoisotopic (exact) mass is 490 g/mol. The number of hydrogen-bond acceptors (Lipinski definition) is 4. The highest BCUT2D eigenvalue weighted by atomic mass is 19.1. The van der Waals surface area contributed by atoms with Gasteiger partial charge in [-0.15, -0.1) is 0 Å². The van der Waals surface area contributed by atoms with Crippen molar-refractivity contribution in [2.45, 2.75) is 26.7 Å². The molecular weight excluding hydrogens is 462 g/mol. The van der Waals surface area contributed by atoms with Crippen molar-refractivity contribution in [3.63, 3.8) is 0 Å². The molecule has 0 amide bonds. The molecule has 0 unspecified atom stereocenters. The number of esters is 2. The van der Waals surface area contributed by atoms with Gasteiger partial charge < -0.3 is 9.47 Å². The summed E-state index contributed by atoms with van der Waals surface area (Å²) in [7, 11) is 0. The third-order valence-corrected chi connectivity index (χ3v) is 5.55. The first-order valence-electron chi connectivity index (χ1n) is 11.5. The van der Waals surface area contributed by atoms with Crippen molar-refractivity contribution < 1.29 is 27.8 Å². The quantitative estimate of drug-likeness (QED) is 0.237. The molecule has 0 fully saturated rings. The van der Waals surface area contributed by atoms with Crippen LogP contribution in [0.15, 0.2) is 85.0 Å². The average Bonchev–Trinajstić information content (AvgIpc) is 2.85. The molecule has 0 spiro atoms. The van der Waals surface area contributed by atoms with E-state index >= 15 is 0 Å². The summed E-state index contributed by atoms with van der Waals surface area (Å²) in [4.78, 5) is 22.9. The Balaban J connectivity index is 1.65. The first kappa shape index (κ1) is 26.5. The van der Waals surface area contributed by atoms with Gasteiger partial charge in [0.15, 0.2) is 0 Å². The number of carbonyl (C=O) groups excluding carboxylic acids is 2. The van der Waals surface area contributed by atoms with Crippen molar-refractivity contribution in [2.24, 2.45) is 0 Å². The van der Waals surface area contributed by atoms with Gasteiger partial charge in [0.25, 0.3) is 0 Å². The second-order valence-electron chi connectivity index (χ2n) is 8.53. The van der Waals surface area contributed by atoms with Gasteiger partial charge in [0.05, 0.1) is 13.2 Å². The van der Waals surface area contributed by atoms with Crippen molar-refractivity contribution in [3.8, 4) is 22.3 Å². The Morgan fingerprint density at radius 2 is 1.22 bits per heavy atom. The maximum Gasteiger partial charge on any atom is 0.333 e. The van der Waals surface area contributed by atoms with Gasteiger partial charge in [0, 0.05) is 29.6 Å². The summed E-state index contributed by atoms with van der Waals surface area (Å²) in [6, 6.07) is 16.9. The van der Waals surface area contributed by atoms with E-state index < -0.39 is 23.6 Å². The Hall–Kier alpha value is -4.06. The van der Waals surface area contributed by atoms with Crippen molar-refractivity contribution in [1.29, 1.82) is 0 Å². The Morgan fingerprint density at radius 3 is 1.78 bits per heavy atom. The summed E-state index contributed by atoms with van der Waals surface area (Å²) >= 11 is 0. The van der Waals surface area contributed by atoms with Crippen LogP contribution in [0.5, 0.6) is 0 Å². The molecule has 0 aliphatic carbocycles. The number of benzene rings is 3. The van der Waals surface area contributed by atoms with E-state index in [2.05, 4.69) is 13.2 Å². The van der Waals surface area contributed by atoms with E-state index in [1.807, 2.05) is 24.3 Å². The molecule has 3 aromatic carbocycles. The maximum absolute atomic E-state index is 15.0. The predicted octanol–water partition coefficient (Wildman–Crippen LogP) is 6.62. The molecular formula is C30H28F2O4. The van der Waals surface area contributed by atoms with Crippen LogP contribution in [0.4, 0.5) is 8.78 Å². The Kier molecular flexibility index (Phi) is 8.90. The van der Waals surface area contributed by atoms with Crippen molar-refractivity contribution in [3.05, 3.63) is 108 Å². The number of ether oxygens (including phenoxy) is 2. The zero-order chi connectivity index (χ0) is 26.2. The van der Waals surface area contributed by atoms with Crippen molar-refractivity contribution in [1.82, 2.24) is 0 Å². The lowest BCUT2D eigenvalue weighted by Gasteiger charge is -2.10. The van der Waals surface area contributed by atoms with Crippen LogP contribution >= 0.6 is 0 Å². The zero-order valence-electron chi connectivity index (χ0n) is 20.4. The molecule has 4 nitrogen and oxygen atoms in total. The summed E-state index contributed by atoms with van der Waals surface area (Å²) in [6.07, 6.45) is 0.767. The van der Waals surface area contributed by atoms with Crippen molar-refractivity contribution >= 4 is 11.9 Å². The summed E-state index contributed by atoms with van der Waals surface area (Å²) < 4.78 is 39.7.